The van der Waals surface area contributed by atoms with Crippen LogP contribution >= 0.6 is 0 Å². The summed E-state index contributed by atoms with van der Waals surface area (Å²) >= 11 is 0. The molecule has 0 aliphatic rings. The smallest absolute Gasteiger partial charge is 0.159 e. The predicted molar refractivity (Wildman–Crippen MR) is 129 cm³/mol. The maximum Gasteiger partial charge on any atom is 0.159 e. The molecule has 0 atom stereocenters. The molecule has 0 fully saturated rings. The molecule has 3 heterocycles. The molecule has 0 saturated carbocycles. The van der Waals surface area contributed by atoms with Gasteiger partial charge in [-0.1, -0.05) is 60.6 Å². The molecule has 0 spiro atoms. The third kappa shape index (κ3) is 3.80. The average molecular weight is 413 g/mol. The SMILES string of the molecule is CCc1nc(C(C)C)nc2cc(C(C)(C)c3nc4ncccc4cc3C(C)C)ccc12. The van der Waals surface area contributed by atoms with Crippen molar-refractivity contribution in [2.24, 2.45) is 0 Å². The molecule has 0 bridgehead atoms. The van der Waals surface area contributed by atoms with Crippen LogP contribution in [0, 0.1) is 0 Å². The summed E-state index contributed by atoms with van der Waals surface area (Å²) in [6, 6.07) is 12.9. The summed E-state index contributed by atoms with van der Waals surface area (Å²) in [4.78, 5) is 19.3. The van der Waals surface area contributed by atoms with Crippen molar-refractivity contribution in [2.75, 3.05) is 0 Å². The Balaban J connectivity index is 1.93. The van der Waals surface area contributed by atoms with Gasteiger partial charge in [0.25, 0.3) is 0 Å². The zero-order chi connectivity index (χ0) is 22.3. The van der Waals surface area contributed by atoms with Gasteiger partial charge in [-0.2, -0.15) is 0 Å². The number of aromatic nitrogens is 4. The normalized spacial score (nSPS) is 12.4. The number of benzene rings is 1. The maximum absolute atomic E-state index is 5.06. The second kappa shape index (κ2) is 7.99. The molecule has 0 aliphatic carbocycles. The fourth-order valence-electron chi connectivity index (χ4n) is 4.23. The lowest BCUT2D eigenvalue weighted by atomic mass is 9.77. The van der Waals surface area contributed by atoms with Gasteiger partial charge in [0.1, 0.15) is 5.82 Å². The van der Waals surface area contributed by atoms with Crippen LogP contribution in [0.1, 0.15) is 88.6 Å². The molecule has 4 heteroatoms. The van der Waals surface area contributed by atoms with Crippen LogP contribution in [-0.2, 0) is 11.8 Å². The summed E-state index contributed by atoms with van der Waals surface area (Å²) in [6.45, 7) is 15.4. The monoisotopic (exact) mass is 412 g/mol. The molecule has 4 rings (SSSR count). The first kappa shape index (κ1) is 21.4. The summed E-state index contributed by atoms with van der Waals surface area (Å²) in [5.41, 5.74) is 6.22. The highest BCUT2D eigenvalue weighted by Crippen LogP contribution is 2.37. The minimum absolute atomic E-state index is 0.283. The largest absolute Gasteiger partial charge is 0.237 e. The lowest BCUT2D eigenvalue weighted by Gasteiger charge is -2.29. The predicted octanol–water partition coefficient (Wildman–Crippen LogP) is 6.71. The highest BCUT2D eigenvalue weighted by atomic mass is 14.9. The van der Waals surface area contributed by atoms with E-state index in [4.69, 9.17) is 15.0 Å². The number of hydrogen-bond donors (Lipinski definition) is 0. The number of fused-ring (bicyclic) bond motifs is 2. The minimum Gasteiger partial charge on any atom is -0.237 e. The van der Waals surface area contributed by atoms with Gasteiger partial charge in [0.05, 0.1) is 16.9 Å². The summed E-state index contributed by atoms with van der Waals surface area (Å²) in [6.07, 6.45) is 2.71. The lowest BCUT2D eigenvalue weighted by Crippen LogP contribution is -2.23. The van der Waals surface area contributed by atoms with E-state index in [1.807, 2.05) is 12.3 Å². The Morgan fingerprint density at radius 1 is 0.903 bits per heavy atom. The maximum atomic E-state index is 5.06. The van der Waals surface area contributed by atoms with Crippen LogP contribution in [0.3, 0.4) is 0 Å². The van der Waals surface area contributed by atoms with E-state index in [1.54, 1.807) is 0 Å². The van der Waals surface area contributed by atoms with Crippen molar-refractivity contribution in [1.29, 1.82) is 0 Å². The van der Waals surface area contributed by atoms with Gasteiger partial charge in [-0.05, 0) is 47.7 Å². The first-order valence-electron chi connectivity index (χ1n) is 11.3. The molecule has 0 unspecified atom stereocenters. The van der Waals surface area contributed by atoms with Crippen molar-refractivity contribution in [1.82, 2.24) is 19.9 Å². The number of nitrogens with zero attached hydrogens (tertiary/aromatic N) is 4. The van der Waals surface area contributed by atoms with E-state index < -0.39 is 0 Å². The van der Waals surface area contributed by atoms with Crippen molar-refractivity contribution < 1.29 is 0 Å². The van der Waals surface area contributed by atoms with E-state index in [1.165, 1.54) is 11.1 Å². The standard InChI is InChI=1S/C27H32N4/c1-8-22-20-12-11-19(15-23(20)30-25(29-22)17(4)5)27(6,7)24-21(16(2)3)14-18-10-9-13-28-26(18)31-24/h9-17H,8H2,1-7H3. The summed E-state index contributed by atoms with van der Waals surface area (Å²) in [7, 11) is 0. The Hall–Kier alpha value is -2.88. The van der Waals surface area contributed by atoms with Gasteiger partial charge in [0, 0.05) is 28.3 Å². The zero-order valence-corrected chi connectivity index (χ0v) is 19.7. The van der Waals surface area contributed by atoms with E-state index in [2.05, 4.69) is 83.8 Å². The molecule has 1 aromatic carbocycles. The Bertz CT molecular complexity index is 1260. The van der Waals surface area contributed by atoms with Gasteiger partial charge in [0.15, 0.2) is 5.65 Å². The molecular weight excluding hydrogens is 380 g/mol. The second-order valence-electron chi connectivity index (χ2n) is 9.52. The second-order valence-corrected chi connectivity index (χ2v) is 9.52. The molecule has 0 amide bonds. The molecule has 0 radical (unpaired) electrons. The van der Waals surface area contributed by atoms with Crippen molar-refractivity contribution >= 4 is 21.9 Å². The molecule has 0 saturated heterocycles. The van der Waals surface area contributed by atoms with Crippen molar-refractivity contribution in [3.05, 3.63) is 70.9 Å². The number of rotatable bonds is 5. The molecule has 31 heavy (non-hydrogen) atoms. The van der Waals surface area contributed by atoms with Crippen molar-refractivity contribution in [3.8, 4) is 0 Å². The van der Waals surface area contributed by atoms with Crippen LogP contribution in [0.25, 0.3) is 21.9 Å². The third-order valence-corrected chi connectivity index (χ3v) is 6.20. The fraction of sp³-hybridized carbons (Fsp3) is 0.407. The number of hydrogen-bond acceptors (Lipinski definition) is 4. The highest BCUT2D eigenvalue weighted by molar-refractivity contribution is 5.82. The number of pyridine rings is 2. The van der Waals surface area contributed by atoms with E-state index in [-0.39, 0.29) is 5.41 Å². The van der Waals surface area contributed by atoms with Crippen molar-refractivity contribution in [3.63, 3.8) is 0 Å². The minimum atomic E-state index is -0.283. The van der Waals surface area contributed by atoms with Crippen LogP contribution in [-0.4, -0.2) is 19.9 Å². The molecule has 4 nitrogen and oxygen atoms in total. The molecule has 0 N–H and O–H groups in total. The van der Waals surface area contributed by atoms with Gasteiger partial charge in [-0.25, -0.2) is 19.9 Å². The highest BCUT2D eigenvalue weighted by Gasteiger charge is 2.30. The van der Waals surface area contributed by atoms with Crippen LogP contribution in [0.4, 0.5) is 0 Å². The third-order valence-electron chi connectivity index (χ3n) is 6.20. The Morgan fingerprint density at radius 2 is 1.68 bits per heavy atom. The summed E-state index contributed by atoms with van der Waals surface area (Å²) in [5, 5.41) is 2.23. The average Bonchev–Trinajstić information content (AvgIpc) is 2.76. The summed E-state index contributed by atoms with van der Waals surface area (Å²) < 4.78 is 0. The van der Waals surface area contributed by atoms with Gasteiger partial charge in [-0.15, -0.1) is 0 Å². The quantitative estimate of drug-likeness (QED) is 0.365. The van der Waals surface area contributed by atoms with E-state index in [0.29, 0.717) is 11.8 Å². The lowest BCUT2D eigenvalue weighted by molar-refractivity contribution is 0.602. The van der Waals surface area contributed by atoms with Gasteiger partial charge >= 0.3 is 0 Å². The van der Waals surface area contributed by atoms with E-state index in [0.717, 1.165) is 45.6 Å². The first-order valence-corrected chi connectivity index (χ1v) is 11.3. The molecular formula is C27H32N4. The first-order chi connectivity index (χ1) is 14.7. The van der Waals surface area contributed by atoms with Gasteiger partial charge in [0.2, 0.25) is 0 Å². The number of aryl methyl sites for hydroxylation is 1. The molecule has 160 valence electrons. The van der Waals surface area contributed by atoms with Crippen LogP contribution < -0.4 is 0 Å². The van der Waals surface area contributed by atoms with Crippen LogP contribution in [0.2, 0.25) is 0 Å². The Kier molecular flexibility index (Phi) is 5.50. The van der Waals surface area contributed by atoms with Crippen LogP contribution in [0.15, 0.2) is 42.6 Å². The molecule has 4 aromatic rings. The van der Waals surface area contributed by atoms with E-state index >= 15 is 0 Å². The van der Waals surface area contributed by atoms with Gasteiger partial charge in [-0.3, -0.25) is 0 Å². The summed E-state index contributed by atoms with van der Waals surface area (Å²) in [5.74, 6) is 1.58. The van der Waals surface area contributed by atoms with Gasteiger partial charge < -0.3 is 0 Å². The molecule has 0 aliphatic heterocycles. The Labute approximate surface area is 185 Å². The van der Waals surface area contributed by atoms with Crippen LogP contribution in [0.5, 0.6) is 0 Å². The zero-order valence-electron chi connectivity index (χ0n) is 19.7. The topological polar surface area (TPSA) is 51.6 Å². The molecule has 3 aromatic heterocycles. The van der Waals surface area contributed by atoms with Crippen molar-refractivity contribution in [2.45, 2.75) is 72.1 Å². The van der Waals surface area contributed by atoms with E-state index in [9.17, 15) is 0 Å². The Morgan fingerprint density at radius 3 is 2.35 bits per heavy atom. The fourth-order valence-corrected chi connectivity index (χ4v) is 4.23.